The highest BCUT2D eigenvalue weighted by Crippen LogP contribution is 2.07. The first-order chi connectivity index (χ1) is 9.02. The molecule has 0 aliphatic heterocycles. The number of rotatable bonds is 7. The molecule has 19 heavy (non-hydrogen) atoms. The van der Waals surface area contributed by atoms with Crippen molar-refractivity contribution in [2.45, 2.75) is 26.3 Å². The summed E-state index contributed by atoms with van der Waals surface area (Å²) in [6, 6.07) is 3.70. The van der Waals surface area contributed by atoms with Gasteiger partial charge in [-0.15, -0.1) is 0 Å². The summed E-state index contributed by atoms with van der Waals surface area (Å²) in [7, 11) is 4.04. The van der Waals surface area contributed by atoms with E-state index in [1.54, 1.807) is 18.3 Å². The number of anilines is 1. The van der Waals surface area contributed by atoms with Crippen LogP contribution in [0.4, 0.5) is 5.82 Å². The number of amides is 1. The third-order valence-electron chi connectivity index (χ3n) is 2.88. The van der Waals surface area contributed by atoms with Gasteiger partial charge in [0.2, 0.25) is 0 Å². The minimum atomic E-state index is -0.0487. The van der Waals surface area contributed by atoms with Gasteiger partial charge < -0.3 is 15.5 Å². The minimum Gasteiger partial charge on any atom is -0.369 e. The van der Waals surface area contributed by atoms with Crippen LogP contribution in [0.15, 0.2) is 18.3 Å². The van der Waals surface area contributed by atoms with Gasteiger partial charge in [-0.2, -0.15) is 0 Å². The van der Waals surface area contributed by atoms with E-state index in [0.29, 0.717) is 5.56 Å². The summed E-state index contributed by atoms with van der Waals surface area (Å²) in [5.41, 5.74) is 0.641. The molecule has 1 aromatic rings. The Hall–Kier alpha value is -1.62. The fourth-order valence-corrected chi connectivity index (χ4v) is 1.49. The van der Waals surface area contributed by atoms with Crippen molar-refractivity contribution in [3.63, 3.8) is 0 Å². The summed E-state index contributed by atoms with van der Waals surface area (Å²) in [6.07, 6.45) is 2.58. The number of pyridine rings is 1. The van der Waals surface area contributed by atoms with E-state index in [0.717, 1.165) is 25.3 Å². The fraction of sp³-hybridized carbons (Fsp3) is 0.571. The van der Waals surface area contributed by atoms with Gasteiger partial charge in [-0.1, -0.05) is 6.92 Å². The van der Waals surface area contributed by atoms with Crippen LogP contribution in [0.3, 0.4) is 0 Å². The number of carbonyl (C=O) groups excluding carboxylic acids is 1. The number of likely N-dealkylation sites (N-methyl/N-ethyl adjacent to an activating group) is 1. The number of hydrogen-bond acceptors (Lipinski definition) is 4. The van der Waals surface area contributed by atoms with E-state index in [1.165, 1.54) is 0 Å². The van der Waals surface area contributed by atoms with Crippen molar-refractivity contribution in [3.05, 3.63) is 23.9 Å². The van der Waals surface area contributed by atoms with Crippen molar-refractivity contribution in [1.29, 1.82) is 0 Å². The number of aromatic nitrogens is 1. The summed E-state index contributed by atoms with van der Waals surface area (Å²) in [6.45, 7) is 5.77. The molecule has 1 atom stereocenters. The van der Waals surface area contributed by atoms with E-state index >= 15 is 0 Å². The van der Waals surface area contributed by atoms with E-state index in [1.807, 2.05) is 27.9 Å². The second-order valence-corrected chi connectivity index (χ2v) is 4.94. The molecule has 0 radical (unpaired) electrons. The number of nitrogens with zero attached hydrogens (tertiary/aromatic N) is 2. The van der Waals surface area contributed by atoms with Gasteiger partial charge in [0, 0.05) is 30.9 Å². The molecule has 5 nitrogen and oxygen atoms in total. The summed E-state index contributed by atoms with van der Waals surface area (Å²) in [5, 5.41) is 6.15. The molecule has 1 unspecified atom stereocenters. The van der Waals surface area contributed by atoms with Gasteiger partial charge in [-0.3, -0.25) is 4.79 Å². The van der Waals surface area contributed by atoms with Gasteiger partial charge in [-0.25, -0.2) is 4.98 Å². The molecule has 0 aromatic carbocycles. The molecular formula is C14H24N4O. The SMILES string of the molecule is CCC(C)NC(=O)c1ccnc(NCCN(C)C)c1. The molecule has 1 rings (SSSR count). The predicted octanol–water partition coefficient (Wildman–Crippen LogP) is 1.58. The lowest BCUT2D eigenvalue weighted by Crippen LogP contribution is -2.32. The second kappa shape index (κ2) is 7.74. The van der Waals surface area contributed by atoms with Crippen molar-refractivity contribution in [1.82, 2.24) is 15.2 Å². The van der Waals surface area contributed by atoms with Crippen molar-refractivity contribution >= 4 is 11.7 Å². The normalized spacial score (nSPS) is 12.3. The maximum absolute atomic E-state index is 12.0. The summed E-state index contributed by atoms with van der Waals surface area (Å²) in [5.74, 6) is 0.686. The third-order valence-corrected chi connectivity index (χ3v) is 2.88. The van der Waals surface area contributed by atoms with Gasteiger partial charge >= 0.3 is 0 Å². The lowest BCUT2D eigenvalue weighted by atomic mass is 10.2. The van der Waals surface area contributed by atoms with Gasteiger partial charge in [0.1, 0.15) is 5.82 Å². The second-order valence-electron chi connectivity index (χ2n) is 4.94. The predicted molar refractivity (Wildman–Crippen MR) is 78.5 cm³/mol. The molecule has 1 aromatic heterocycles. The minimum absolute atomic E-state index is 0.0487. The van der Waals surface area contributed by atoms with Crippen molar-refractivity contribution in [2.24, 2.45) is 0 Å². The smallest absolute Gasteiger partial charge is 0.251 e. The van der Waals surface area contributed by atoms with Crippen LogP contribution in [-0.2, 0) is 0 Å². The van der Waals surface area contributed by atoms with Gasteiger partial charge in [0.25, 0.3) is 5.91 Å². The van der Waals surface area contributed by atoms with Crippen molar-refractivity contribution in [3.8, 4) is 0 Å². The number of hydrogen-bond donors (Lipinski definition) is 2. The van der Waals surface area contributed by atoms with E-state index in [4.69, 9.17) is 0 Å². The van der Waals surface area contributed by atoms with Crippen LogP contribution < -0.4 is 10.6 Å². The highest BCUT2D eigenvalue weighted by Gasteiger charge is 2.09. The van der Waals surface area contributed by atoms with Crippen LogP contribution in [-0.4, -0.2) is 49.0 Å². The Kier molecular flexibility index (Phi) is 6.29. The van der Waals surface area contributed by atoms with Crippen molar-refractivity contribution < 1.29 is 4.79 Å². The van der Waals surface area contributed by atoms with Crippen LogP contribution >= 0.6 is 0 Å². The average Bonchev–Trinajstić information content (AvgIpc) is 2.38. The quantitative estimate of drug-likeness (QED) is 0.785. The Morgan fingerprint density at radius 2 is 2.21 bits per heavy atom. The molecule has 2 N–H and O–H groups in total. The molecular weight excluding hydrogens is 240 g/mol. The number of nitrogens with one attached hydrogen (secondary N) is 2. The molecule has 0 aliphatic carbocycles. The fourth-order valence-electron chi connectivity index (χ4n) is 1.49. The molecule has 0 bridgehead atoms. The highest BCUT2D eigenvalue weighted by atomic mass is 16.1. The van der Waals surface area contributed by atoms with Crippen LogP contribution in [0.5, 0.6) is 0 Å². The Balaban J connectivity index is 2.58. The summed E-state index contributed by atoms with van der Waals surface area (Å²) in [4.78, 5) is 18.3. The Morgan fingerprint density at radius 3 is 2.84 bits per heavy atom. The first-order valence-electron chi connectivity index (χ1n) is 6.68. The lowest BCUT2D eigenvalue weighted by molar-refractivity contribution is 0.0939. The van der Waals surface area contributed by atoms with E-state index in [2.05, 4.69) is 20.5 Å². The highest BCUT2D eigenvalue weighted by molar-refractivity contribution is 5.94. The van der Waals surface area contributed by atoms with Crippen LogP contribution in [0, 0.1) is 0 Å². The Morgan fingerprint density at radius 1 is 1.47 bits per heavy atom. The lowest BCUT2D eigenvalue weighted by Gasteiger charge is -2.13. The zero-order chi connectivity index (χ0) is 14.3. The van der Waals surface area contributed by atoms with Crippen LogP contribution in [0.1, 0.15) is 30.6 Å². The van der Waals surface area contributed by atoms with Crippen LogP contribution in [0.2, 0.25) is 0 Å². The maximum atomic E-state index is 12.0. The van der Waals surface area contributed by atoms with Crippen molar-refractivity contribution in [2.75, 3.05) is 32.5 Å². The molecule has 0 saturated heterocycles. The van der Waals surface area contributed by atoms with Gasteiger partial charge in [0.15, 0.2) is 0 Å². The zero-order valence-corrected chi connectivity index (χ0v) is 12.2. The molecule has 106 valence electrons. The summed E-state index contributed by atoms with van der Waals surface area (Å²) < 4.78 is 0. The largest absolute Gasteiger partial charge is 0.369 e. The van der Waals surface area contributed by atoms with Crippen LogP contribution in [0.25, 0.3) is 0 Å². The van der Waals surface area contributed by atoms with E-state index in [-0.39, 0.29) is 11.9 Å². The Labute approximate surface area is 115 Å². The molecule has 1 heterocycles. The monoisotopic (exact) mass is 264 g/mol. The standard InChI is InChI=1S/C14H24N4O/c1-5-11(2)17-14(19)12-6-7-15-13(10-12)16-8-9-18(3)4/h6-7,10-11H,5,8-9H2,1-4H3,(H,15,16)(H,17,19). The Bertz CT molecular complexity index is 406. The average molecular weight is 264 g/mol. The number of carbonyl (C=O) groups is 1. The molecule has 0 aliphatic rings. The summed E-state index contributed by atoms with van der Waals surface area (Å²) >= 11 is 0. The maximum Gasteiger partial charge on any atom is 0.251 e. The van der Waals surface area contributed by atoms with E-state index < -0.39 is 0 Å². The van der Waals surface area contributed by atoms with Gasteiger partial charge in [0.05, 0.1) is 0 Å². The van der Waals surface area contributed by atoms with Gasteiger partial charge in [-0.05, 0) is 39.6 Å². The molecule has 0 saturated carbocycles. The van der Waals surface area contributed by atoms with E-state index in [9.17, 15) is 4.79 Å². The molecule has 0 spiro atoms. The molecule has 0 fully saturated rings. The molecule has 5 heteroatoms. The molecule has 1 amide bonds. The topological polar surface area (TPSA) is 57.3 Å². The first-order valence-corrected chi connectivity index (χ1v) is 6.68. The zero-order valence-electron chi connectivity index (χ0n) is 12.2. The third kappa shape index (κ3) is 5.70. The first kappa shape index (κ1) is 15.4.